The van der Waals surface area contributed by atoms with Crippen LogP contribution in [-0.2, 0) is 0 Å². The summed E-state index contributed by atoms with van der Waals surface area (Å²) in [6, 6.07) is 8.17. The lowest BCUT2D eigenvalue weighted by Crippen LogP contribution is -2.39. The third kappa shape index (κ3) is 4.02. The number of non-ortho nitro benzene ring substituents is 1. The molecule has 0 aromatic heterocycles. The van der Waals surface area contributed by atoms with Crippen LogP contribution in [0.1, 0.15) is 40.7 Å². The quantitative estimate of drug-likeness (QED) is 0.605. The number of nitrogens with one attached hydrogen (secondary N) is 1. The highest BCUT2D eigenvalue weighted by molar-refractivity contribution is 5.97. The van der Waals surface area contributed by atoms with E-state index in [-0.39, 0.29) is 17.6 Å². The molecule has 1 fully saturated rings. The monoisotopic (exact) mass is 370 g/mol. The van der Waals surface area contributed by atoms with Gasteiger partial charge in [0.1, 0.15) is 17.2 Å². The second kappa shape index (κ2) is 7.65. The molecule has 0 radical (unpaired) electrons. The number of carbonyl (C=O) groups excluding carboxylic acids is 1. The van der Waals surface area contributed by atoms with Crippen LogP contribution >= 0.6 is 0 Å². The van der Waals surface area contributed by atoms with Gasteiger partial charge in [0.2, 0.25) is 0 Å². The predicted molar refractivity (Wildman–Crippen MR) is 101 cm³/mol. The van der Waals surface area contributed by atoms with E-state index in [1.807, 2.05) is 0 Å². The number of rotatable bonds is 6. The zero-order chi connectivity index (χ0) is 19.6. The summed E-state index contributed by atoms with van der Waals surface area (Å²) in [6.45, 7) is 3.51. The van der Waals surface area contributed by atoms with Crippen LogP contribution in [0.2, 0.25) is 0 Å². The summed E-state index contributed by atoms with van der Waals surface area (Å²) < 4.78 is 11.3. The molecule has 2 aromatic rings. The SMILES string of the molecule is COc1ccc(Oc2c(C)cc([N+](=O)[O-])cc2C)cc1C(=O)NC1CCC1. The fourth-order valence-corrected chi connectivity index (χ4v) is 3.06. The molecular formula is C20H22N2O5. The van der Waals surface area contributed by atoms with Crippen molar-refractivity contribution in [2.75, 3.05) is 7.11 Å². The number of nitro groups is 1. The number of benzene rings is 2. The molecule has 1 amide bonds. The lowest BCUT2D eigenvalue weighted by Gasteiger charge is -2.26. The maximum atomic E-state index is 12.6. The number of amides is 1. The highest BCUT2D eigenvalue weighted by Gasteiger charge is 2.22. The van der Waals surface area contributed by atoms with Gasteiger partial charge in [-0.3, -0.25) is 14.9 Å². The van der Waals surface area contributed by atoms with Crippen LogP contribution in [0.5, 0.6) is 17.2 Å². The van der Waals surface area contributed by atoms with Gasteiger partial charge in [0.15, 0.2) is 0 Å². The second-order valence-corrected chi connectivity index (χ2v) is 6.73. The van der Waals surface area contributed by atoms with Crippen LogP contribution in [0.3, 0.4) is 0 Å². The topological polar surface area (TPSA) is 90.7 Å². The largest absolute Gasteiger partial charge is 0.496 e. The van der Waals surface area contributed by atoms with Crippen molar-refractivity contribution in [3.63, 3.8) is 0 Å². The third-order valence-electron chi connectivity index (χ3n) is 4.73. The summed E-state index contributed by atoms with van der Waals surface area (Å²) in [6.07, 6.45) is 3.11. The molecule has 0 bridgehead atoms. The zero-order valence-electron chi connectivity index (χ0n) is 15.6. The Morgan fingerprint density at radius 2 is 1.85 bits per heavy atom. The molecular weight excluding hydrogens is 348 g/mol. The molecule has 1 N–H and O–H groups in total. The lowest BCUT2D eigenvalue weighted by atomic mass is 9.93. The Bertz CT molecular complexity index is 867. The van der Waals surface area contributed by atoms with Crippen molar-refractivity contribution in [1.29, 1.82) is 0 Å². The first kappa shape index (κ1) is 18.7. The van der Waals surface area contributed by atoms with Crippen molar-refractivity contribution in [2.24, 2.45) is 0 Å². The minimum absolute atomic E-state index is 0.0210. The van der Waals surface area contributed by atoms with Crippen molar-refractivity contribution in [3.8, 4) is 17.2 Å². The van der Waals surface area contributed by atoms with Crippen molar-refractivity contribution in [2.45, 2.75) is 39.2 Å². The van der Waals surface area contributed by atoms with Crippen LogP contribution in [0, 0.1) is 24.0 Å². The Balaban J connectivity index is 1.88. The Labute approximate surface area is 157 Å². The van der Waals surface area contributed by atoms with Crippen LogP contribution in [0.4, 0.5) is 5.69 Å². The van der Waals surface area contributed by atoms with Crippen LogP contribution in [0.25, 0.3) is 0 Å². The minimum Gasteiger partial charge on any atom is -0.496 e. The molecule has 7 heteroatoms. The summed E-state index contributed by atoms with van der Waals surface area (Å²) in [5.41, 5.74) is 1.72. The third-order valence-corrected chi connectivity index (χ3v) is 4.73. The Morgan fingerprint density at radius 1 is 1.19 bits per heavy atom. The maximum absolute atomic E-state index is 12.6. The fourth-order valence-electron chi connectivity index (χ4n) is 3.06. The molecule has 7 nitrogen and oxygen atoms in total. The van der Waals surface area contributed by atoms with Gasteiger partial charge in [-0.15, -0.1) is 0 Å². The molecule has 1 aliphatic rings. The van der Waals surface area contributed by atoms with Gasteiger partial charge in [-0.05, 0) is 62.4 Å². The van der Waals surface area contributed by atoms with E-state index in [4.69, 9.17) is 9.47 Å². The number of hydrogen-bond donors (Lipinski definition) is 1. The average Bonchev–Trinajstić information content (AvgIpc) is 2.60. The highest BCUT2D eigenvalue weighted by Crippen LogP contribution is 2.34. The van der Waals surface area contributed by atoms with Gasteiger partial charge in [0.25, 0.3) is 11.6 Å². The van der Waals surface area contributed by atoms with Gasteiger partial charge in [0, 0.05) is 18.2 Å². The van der Waals surface area contributed by atoms with E-state index < -0.39 is 4.92 Å². The number of aryl methyl sites for hydroxylation is 2. The smallest absolute Gasteiger partial charge is 0.270 e. The van der Waals surface area contributed by atoms with Gasteiger partial charge >= 0.3 is 0 Å². The summed E-state index contributed by atoms with van der Waals surface area (Å²) in [5.74, 6) is 1.28. The molecule has 0 unspecified atom stereocenters. The van der Waals surface area contributed by atoms with Crippen molar-refractivity contribution < 1.29 is 19.2 Å². The summed E-state index contributed by atoms with van der Waals surface area (Å²) in [7, 11) is 1.51. The number of hydrogen-bond acceptors (Lipinski definition) is 5. The van der Waals surface area contributed by atoms with Gasteiger partial charge in [-0.2, -0.15) is 0 Å². The molecule has 0 spiro atoms. The molecule has 142 valence electrons. The molecule has 1 saturated carbocycles. The molecule has 0 atom stereocenters. The van der Waals surface area contributed by atoms with Gasteiger partial charge in [0.05, 0.1) is 17.6 Å². The fraction of sp³-hybridized carbons (Fsp3) is 0.350. The Hall–Kier alpha value is -3.09. The maximum Gasteiger partial charge on any atom is 0.270 e. The number of ether oxygens (including phenoxy) is 2. The molecule has 0 saturated heterocycles. The van der Waals surface area contributed by atoms with Crippen LogP contribution < -0.4 is 14.8 Å². The average molecular weight is 370 g/mol. The van der Waals surface area contributed by atoms with E-state index in [1.54, 1.807) is 32.0 Å². The number of nitrogens with zero attached hydrogens (tertiary/aromatic N) is 1. The van der Waals surface area contributed by atoms with E-state index in [0.717, 1.165) is 19.3 Å². The minimum atomic E-state index is -0.431. The molecule has 1 aliphatic carbocycles. The van der Waals surface area contributed by atoms with E-state index in [0.29, 0.717) is 33.9 Å². The lowest BCUT2D eigenvalue weighted by molar-refractivity contribution is -0.385. The second-order valence-electron chi connectivity index (χ2n) is 6.73. The molecule has 2 aromatic carbocycles. The first-order valence-corrected chi connectivity index (χ1v) is 8.81. The normalized spacial score (nSPS) is 13.6. The number of nitro benzene ring substituents is 1. The Kier molecular flexibility index (Phi) is 5.30. The summed E-state index contributed by atoms with van der Waals surface area (Å²) in [4.78, 5) is 23.1. The summed E-state index contributed by atoms with van der Waals surface area (Å²) in [5, 5.41) is 14.0. The van der Waals surface area contributed by atoms with E-state index >= 15 is 0 Å². The molecule has 0 aliphatic heterocycles. The van der Waals surface area contributed by atoms with Crippen molar-refractivity contribution >= 4 is 11.6 Å². The van der Waals surface area contributed by atoms with Gasteiger partial charge < -0.3 is 14.8 Å². The van der Waals surface area contributed by atoms with Crippen LogP contribution in [-0.4, -0.2) is 24.0 Å². The van der Waals surface area contributed by atoms with E-state index in [9.17, 15) is 14.9 Å². The van der Waals surface area contributed by atoms with Gasteiger partial charge in [-0.1, -0.05) is 0 Å². The highest BCUT2D eigenvalue weighted by atomic mass is 16.6. The van der Waals surface area contributed by atoms with E-state index in [2.05, 4.69) is 5.32 Å². The predicted octanol–water partition coefficient (Wildman–Crippen LogP) is 4.29. The molecule has 3 rings (SSSR count). The zero-order valence-corrected chi connectivity index (χ0v) is 15.6. The van der Waals surface area contributed by atoms with E-state index in [1.165, 1.54) is 19.2 Å². The molecule has 0 heterocycles. The van der Waals surface area contributed by atoms with Crippen LogP contribution in [0.15, 0.2) is 30.3 Å². The molecule has 27 heavy (non-hydrogen) atoms. The standard InChI is InChI=1S/C20H22N2O5/c1-12-9-15(22(24)25)10-13(2)19(12)27-16-7-8-18(26-3)17(11-16)20(23)21-14-5-4-6-14/h7-11,14H,4-6H2,1-3H3,(H,21,23). The first-order chi connectivity index (χ1) is 12.9. The summed E-state index contributed by atoms with van der Waals surface area (Å²) >= 11 is 0. The Morgan fingerprint density at radius 3 is 2.37 bits per heavy atom. The van der Waals surface area contributed by atoms with Gasteiger partial charge in [-0.25, -0.2) is 0 Å². The van der Waals surface area contributed by atoms with Crippen molar-refractivity contribution in [1.82, 2.24) is 5.32 Å². The van der Waals surface area contributed by atoms with Crippen molar-refractivity contribution in [3.05, 3.63) is 57.1 Å². The number of methoxy groups -OCH3 is 1. The first-order valence-electron chi connectivity index (χ1n) is 8.81. The number of carbonyl (C=O) groups is 1.